The average Bonchev–Trinajstić information content (AvgIpc) is 2.78. The smallest absolute Gasteiger partial charge is 0.0632 e. The lowest BCUT2D eigenvalue weighted by molar-refractivity contribution is 0.480. The van der Waals surface area contributed by atoms with Crippen molar-refractivity contribution in [1.82, 2.24) is 20.2 Å². The molecule has 0 fully saturated rings. The number of aryl methyl sites for hydroxylation is 2. The summed E-state index contributed by atoms with van der Waals surface area (Å²) >= 11 is 0. The largest absolute Gasteiger partial charge is 0.271 e. The Bertz CT molecular complexity index is 451. The summed E-state index contributed by atoms with van der Waals surface area (Å²) in [6, 6.07) is 6.12. The van der Waals surface area contributed by atoms with Crippen molar-refractivity contribution >= 4 is 0 Å². The number of hydrogen-bond donors (Lipinski definition) is 2. The van der Waals surface area contributed by atoms with E-state index in [9.17, 15) is 0 Å². The molecule has 0 spiro atoms. The fourth-order valence-electron chi connectivity index (χ4n) is 1.90. The number of rotatable bonds is 5. The highest BCUT2D eigenvalue weighted by molar-refractivity contribution is 5.11. The van der Waals surface area contributed by atoms with Crippen molar-refractivity contribution in [2.45, 2.75) is 18.9 Å². The first-order valence-corrected chi connectivity index (χ1v) is 5.64. The molecule has 3 N–H and O–H groups in total. The van der Waals surface area contributed by atoms with Gasteiger partial charge in [0.1, 0.15) is 0 Å². The van der Waals surface area contributed by atoms with E-state index in [4.69, 9.17) is 5.84 Å². The van der Waals surface area contributed by atoms with E-state index in [1.165, 1.54) is 5.56 Å². The normalized spacial score (nSPS) is 12.6. The minimum Gasteiger partial charge on any atom is -0.271 e. The van der Waals surface area contributed by atoms with Crippen LogP contribution in [0.4, 0.5) is 0 Å². The fraction of sp³-hybridized carbons (Fsp3) is 0.333. The number of aromatic nitrogens is 3. The molecule has 5 nitrogen and oxygen atoms in total. The van der Waals surface area contributed by atoms with Crippen LogP contribution in [0.15, 0.2) is 36.8 Å². The van der Waals surface area contributed by atoms with Crippen LogP contribution in [0.25, 0.3) is 0 Å². The average molecular weight is 231 g/mol. The first-order valence-electron chi connectivity index (χ1n) is 5.64. The van der Waals surface area contributed by atoms with Crippen LogP contribution in [-0.4, -0.2) is 14.8 Å². The monoisotopic (exact) mass is 231 g/mol. The zero-order valence-corrected chi connectivity index (χ0v) is 9.87. The van der Waals surface area contributed by atoms with Gasteiger partial charge in [0.2, 0.25) is 0 Å². The number of hydrazine groups is 1. The molecule has 0 saturated heterocycles. The highest BCUT2D eigenvalue weighted by atomic mass is 15.3. The molecule has 0 aliphatic carbocycles. The fourth-order valence-corrected chi connectivity index (χ4v) is 1.90. The van der Waals surface area contributed by atoms with Crippen molar-refractivity contribution in [2.24, 2.45) is 12.9 Å². The van der Waals surface area contributed by atoms with Gasteiger partial charge in [0.05, 0.1) is 11.7 Å². The third kappa shape index (κ3) is 2.89. The lowest BCUT2D eigenvalue weighted by Gasteiger charge is -2.15. The molecule has 0 aromatic carbocycles. The van der Waals surface area contributed by atoms with Crippen LogP contribution in [0.2, 0.25) is 0 Å². The minimum absolute atomic E-state index is 0.114. The molecule has 1 atom stereocenters. The van der Waals surface area contributed by atoms with E-state index in [0.717, 1.165) is 18.5 Å². The quantitative estimate of drug-likeness (QED) is 0.594. The number of nitrogens with one attached hydrogen (secondary N) is 1. The Morgan fingerprint density at radius 3 is 2.88 bits per heavy atom. The van der Waals surface area contributed by atoms with Gasteiger partial charge in [-0.2, -0.15) is 5.10 Å². The molecule has 0 aliphatic heterocycles. The molecule has 90 valence electrons. The van der Waals surface area contributed by atoms with Crippen molar-refractivity contribution in [1.29, 1.82) is 0 Å². The summed E-state index contributed by atoms with van der Waals surface area (Å²) in [5, 5.41) is 4.15. The van der Waals surface area contributed by atoms with E-state index < -0.39 is 0 Å². The summed E-state index contributed by atoms with van der Waals surface area (Å²) in [7, 11) is 1.92. The van der Waals surface area contributed by atoms with E-state index in [1.807, 2.05) is 30.1 Å². The van der Waals surface area contributed by atoms with Crippen LogP contribution < -0.4 is 11.3 Å². The Balaban J connectivity index is 2.00. The maximum atomic E-state index is 5.59. The lowest BCUT2D eigenvalue weighted by Crippen LogP contribution is -2.30. The van der Waals surface area contributed by atoms with Crippen LogP contribution in [0, 0.1) is 0 Å². The van der Waals surface area contributed by atoms with Crippen LogP contribution >= 0.6 is 0 Å². The molecule has 0 radical (unpaired) electrons. The zero-order valence-electron chi connectivity index (χ0n) is 9.87. The molecule has 0 saturated carbocycles. The standard InChI is InChI=1S/C12H17N5/c1-17-12(6-8-15-17)11(16-13)5-4-10-3-2-7-14-9-10/h2-3,6-9,11,16H,4-5,13H2,1H3. The van der Waals surface area contributed by atoms with Gasteiger partial charge in [0, 0.05) is 25.6 Å². The number of nitrogens with two attached hydrogens (primary N) is 1. The Morgan fingerprint density at radius 2 is 2.29 bits per heavy atom. The number of nitrogens with zero attached hydrogens (tertiary/aromatic N) is 3. The van der Waals surface area contributed by atoms with E-state index in [1.54, 1.807) is 12.4 Å². The molecule has 2 rings (SSSR count). The van der Waals surface area contributed by atoms with Gasteiger partial charge in [-0.3, -0.25) is 20.9 Å². The van der Waals surface area contributed by atoms with E-state index in [2.05, 4.69) is 21.6 Å². The number of pyridine rings is 1. The summed E-state index contributed by atoms with van der Waals surface area (Å²) in [6.07, 6.45) is 7.31. The Labute approximate surface area is 101 Å². The molecular weight excluding hydrogens is 214 g/mol. The van der Waals surface area contributed by atoms with Crippen LogP contribution in [0.3, 0.4) is 0 Å². The van der Waals surface area contributed by atoms with Crippen LogP contribution in [0.5, 0.6) is 0 Å². The summed E-state index contributed by atoms with van der Waals surface area (Å²) in [6.45, 7) is 0. The van der Waals surface area contributed by atoms with Crippen LogP contribution in [-0.2, 0) is 13.5 Å². The van der Waals surface area contributed by atoms with Gasteiger partial charge in [-0.05, 0) is 30.5 Å². The highest BCUT2D eigenvalue weighted by Gasteiger charge is 2.12. The maximum absolute atomic E-state index is 5.59. The molecule has 2 aromatic rings. The first kappa shape index (κ1) is 11.8. The molecule has 0 amide bonds. The van der Waals surface area contributed by atoms with Gasteiger partial charge in [0.25, 0.3) is 0 Å². The SMILES string of the molecule is Cn1nccc1C(CCc1cccnc1)NN. The molecule has 0 bridgehead atoms. The zero-order chi connectivity index (χ0) is 12.1. The van der Waals surface area contributed by atoms with Crippen molar-refractivity contribution in [3.8, 4) is 0 Å². The molecule has 2 heterocycles. The predicted octanol–water partition coefficient (Wildman–Crippen LogP) is 0.952. The lowest BCUT2D eigenvalue weighted by atomic mass is 10.0. The topological polar surface area (TPSA) is 68.8 Å². The highest BCUT2D eigenvalue weighted by Crippen LogP contribution is 2.17. The second kappa shape index (κ2) is 5.56. The molecule has 1 unspecified atom stereocenters. The summed E-state index contributed by atoms with van der Waals surface area (Å²) in [4.78, 5) is 4.10. The number of hydrogen-bond acceptors (Lipinski definition) is 4. The molecular formula is C12H17N5. The Morgan fingerprint density at radius 1 is 1.41 bits per heavy atom. The maximum Gasteiger partial charge on any atom is 0.0632 e. The first-order chi connectivity index (χ1) is 8.31. The van der Waals surface area contributed by atoms with Gasteiger partial charge >= 0.3 is 0 Å². The minimum atomic E-state index is 0.114. The van der Waals surface area contributed by atoms with E-state index >= 15 is 0 Å². The Hall–Kier alpha value is -1.72. The summed E-state index contributed by atoms with van der Waals surface area (Å²) in [5.74, 6) is 5.59. The van der Waals surface area contributed by atoms with Gasteiger partial charge < -0.3 is 0 Å². The third-order valence-corrected chi connectivity index (χ3v) is 2.86. The third-order valence-electron chi connectivity index (χ3n) is 2.86. The van der Waals surface area contributed by atoms with Gasteiger partial charge in [-0.25, -0.2) is 0 Å². The molecule has 5 heteroatoms. The summed E-state index contributed by atoms with van der Waals surface area (Å²) < 4.78 is 1.84. The van der Waals surface area contributed by atoms with Crippen molar-refractivity contribution in [3.05, 3.63) is 48.0 Å². The van der Waals surface area contributed by atoms with Gasteiger partial charge in [0.15, 0.2) is 0 Å². The van der Waals surface area contributed by atoms with Gasteiger partial charge in [-0.1, -0.05) is 6.07 Å². The van der Waals surface area contributed by atoms with Crippen molar-refractivity contribution < 1.29 is 0 Å². The molecule has 2 aromatic heterocycles. The molecule has 0 aliphatic rings. The summed E-state index contributed by atoms with van der Waals surface area (Å²) in [5.41, 5.74) is 5.15. The molecule has 17 heavy (non-hydrogen) atoms. The van der Waals surface area contributed by atoms with Crippen molar-refractivity contribution in [3.63, 3.8) is 0 Å². The van der Waals surface area contributed by atoms with E-state index in [-0.39, 0.29) is 6.04 Å². The van der Waals surface area contributed by atoms with Gasteiger partial charge in [-0.15, -0.1) is 0 Å². The second-order valence-electron chi connectivity index (χ2n) is 4.00. The second-order valence-corrected chi connectivity index (χ2v) is 4.00. The van der Waals surface area contributed by atoms with Crippen LogP contribution in [0.1, 0.15) is 23.7 Å². The Kier molecular flexibility index (Phi) is 3.85. The van der Waals surface area contributed by atoms with Crippen molar-refractivity contribution in [2.75, 3.05) is 0 Å². The van der Waals surface area contributed by atoms with E-state index in [0.29, 0.717) is 0 Å². The predicted molar refractivity (Wildman–Crippen MR) is 65.8 cm³/mol.